The zero-order valence-corrected chi connectivity index (χ0v) is 8.83. The average Bonchev–Trinajstić information content (AvgIpc) is 2.23. The highest BCUT2D eigenvalue weighted by Gasteiger charge is 2.24. The van der Waals surface area contributed by atoms with Crippen LogP contribution in [0.15, 0.2) is 24.3 Å². The Hall–Kier alpha value is -1.35. The number of hydrogen-bond donors (Lipinski definition) is 0. The van der Waals surface area contributed by atoms with Crippen LogP contribution in [0.4, 0.5) is 5.69 Å². The highest BCUT2D eigenvalue weighted by molar-refractivity contribution is 6.30. The van der Waals surface area contributed by atoms with Crippen molar-refractivity contribution in [2.24, 2.45) is 0 Å². The van der Waals surface area contributed by atoms with Crippen LogP contribution in [0, 0.1) is 0 Å². The van der Waals surface area contributed by atoms with Gasteiger partial charge >= 0.3 is 0 Å². The Bertz CT molecular complexity index is 400. The first-order valence-electron chi connectivity index (χ1n) is 4.74. The van der Waals surface area contributed by atoms with Gasteiger partial charge < -0.3 is 4.90 Å². The first-order valence-corrected chi connectivity index (χ1v) is 5.12. The molecule has 1 aliphatic heterocycles. The van der Waals surface area contributed by atoms with Crippen molar-refractivity contribution in [1.82, 2.24) is 0 Å². The monoisotopic (exact) mass is 223 g/mol. The van der Waals surface area contributed by atoms with Crippen molar-refractivity contribution in [2.75, 3.05) is 11.4 Å². The zero-order chi connectivity index (χ0) is 10.8. The fraction of sp³-hybridized carbons (Fsp3) is 0.273. The summed E-state index contributed by atoms with van der Waals surface area (Å²) in [5.74, 6) is 0.0986. The lowest BCUT2D eigenvalue weighted by molar-refractivity contribution is -0.127. The second-order valence-corrected chi connectivity index (χ2v) is 3.93. The minimum absolute atomic E-state index is 0.00285. The highest BCUT2D eigenvalue weighted by Crippen LogP contribution is 2.21. The van der Waals surface area contributed by atoms with Crippen molar-refractivity contribution in [2.45, 2.75) is 12.8 Å². The number of anilines is 1. The molecule has 0 saturated carbocycles. The molecule has 1 aromatic rings. The van der Waals surface area contributed by atoms with Gasteiger partial charge in [-0.25, -0.2) is 0 Å². The van der Waals surface area contributed by atoms with Crippen molar-refractivity contribution in [3.05, 3.63) is 29.3 Å². The Morgan fingerprint density at radius 1 is 1.07 bits per heavy atom. The van der Waals surface area contributed by atoms with Crippen LogP contribution >= 0.6 is 11.6 Å². The Labute approximate surface area is 92.6 Å². The van der Waals surface area contributed by atoms with Gasteiger partial charge in [-0.3, -0.25) is 9.59 Å². The van der Waals surface area contributed by atoms with Gasteiger partial charge in [-0.1, -0.05) is 11.6 Å². The molecule has 1 amide bonds. The fourth-order valence-corrected chi connectivity index (χ4v) is 1.71. The SMILES string of the molecule is O=C1CCC(=O)N(c2ccc(Cl)cc2)C1. The van der Waals surface area contributed by atoms with E-state index in [1.807, 2.05) is 0 Å². The third-order valence-corrected chi connectivity index (χ3v) is 2.64. The minimum atomic E-state index is -0.00285. The predicted molar refractivity (Wildman–Crippen MR) is 58.0 cm³/mol. The van der Waals surface area contributed by atoms with Gasteiger partial charge in [-0.2, -0.15) is 0 Å². The molecule has 2 rings (SSSR count). The smallest absolute Gasteiger partial charge is 0.227 e. The number of carbonyl (C=O) groups excluding carboxylic acids is 2. The molecular formula is C11H10ClNO2. The number of ketones is 1. The highest BCUT2D eigenvalue weighted by atomic mass is 35.5. The van der Waals surface area contributed by atoms with Crippen molar-refractivity contribution in [3.63, 3.8) is 0 Å². The predicted octanol–water partition coefficient (Wildman–Crippen LogP) is 2.04. The lowest BCUT2D eigenvalue weighted by Gasteiger charge is -2.25. The number of Topliss-reactive ketones (excluding diaryl/α,β-unsaturated/α-hetero) is 1. The molecule has 0 atom stereocenters. The maximum absolute atomic E-state index is 11.6. The normalized spacial score (nSPS) is 17.0. The second-order valence-electron chi connectivity index (χ2n) is 3.49. The van der Waals surface area contributed by atoms with Gasteiger partial charge in [0, 0.05) is 23.6 Å². The van der Waals surface area contributed by atoms with Gasteiger partial charge in [0.1, 0.15) is 0 Å². The number of carbonyl (C=O) groups is 2. The summed E-state index contributed by atoms with van der Waals surface area (Å²) in [7, 11) is 0. The Morgan fingerprint density at radius 2 is 1.73 bits per heavy atom. The van der Waals surface area contributed by atoms with Crippen LogP contribution in [0.2, 0.25) is 5.02 Å². The molecule has 0 unspecified atom stereocenters. The van der Waals surface area contributed by atoms with Crippen LogP contribution in [0.1, 0.15) is 12.8 Å². The van der Waals surface area contributed by atoms with Gasteiger partial charge in [0.2, 0.25) is 5.91 Å². The van der Waals surface area contributed by atoms with E-state index >= 15 is 0 Å². The Morgan fingerprint density at radius 3 is 2.40 bits per heavy atom. The van der Waals surface area contributed by atoms with Gasteiger partial charge in [-0.05, 0) is 24.3 Å². The Balaban J connectivity index is 2.25. The summed E-state index contributed by atoms with van der Waals surface area (Å²) < 4.78 is 0. The largest absolute Gasteiger partial charge is 0.305 e. The molecule has 0 bridgehead atoms. The molecule has 78 valence electrons. The summed E-state index contributed by atoms with van der Waals surface area (Å²) in [6, 6.07) is 6.92. The molecule has 15 heavy (non-hydrogen) atoms. The number of nitrogens with zero attached hydrogens (tertiary/aromatic N) is 1. The summed E-state index contributed by atoms with van der Waals surface area (Å²) in [5, 5.41) is 0.620. The lowest BCUT2D eigenvalue weighted by atomic mass is 10.1. The van der Waals surface area contributed by atoms with Gasteiger partial charge in [-0.15, -0.1) is 0 Å². The van der Waals surface area contributed by atoms with E-state index in [1.54, 1.807) is 24.3 Å². The average molecular weight is 224 g/mol. The quantitative estimate of drug-likeness (QED) is 0.731. The number of amides is 1. The first kappa shape index (κ1) is 10.2. The molecule has 1 saturated heterocycles. The molecule has 1 fully saturated rings. The molecule has 0 radical (unpaired) electrons. The van der Waals surface area contributed by atoms with E-state index in [0.29, 0.717) is 17.9 Å². The molecule has 3 nitrogen and oxygen atoms in total. The minimum Gasteiger partial charge on any atom is -0.305 e. The fourth-order valence-electron chi connectivity index (χ4n) is 1.58. The van der Waals surface area contributed by atoms with E-state index < -0.39 is 0 Å². The van der Waals surface area contributed by atoms with E-state index in [2.05, 4.69) is 0 Å². The summed E-state index contributed by atoms with van der Waals surface area (Å²) in [5.41, 5.74) is 0.734. The standard InChI is InChI=1S/C11H10ClNO2/c12-8-1-3-9(4-2-8)13-7-10(14)5-6-11(13)15/h1-4H,5-7H2. The maximum Gasteiger partial charge on any atom is 0.227 e. The number of hydrogen-bond acceptors (Lipinski definition) is 2. The van der Waals surface area contributed by atoms with E-state index in [0.717, 1.165) is 5.69 Å². The van der Waals surface area contributed by atoms with E-state index in [1.165, 1.54) is 4.90 Å². The third kappa shape index (κ3) is 2.18. The van der Waals surface area contributed by atoms with Gasteiger partial charge in [0.15, 0.2) is 5.78 Å². The van der Waals surface area contributed by atoms with Crippen LogP contribution in [0.3, 0.4) is 0 Å². The molecule has 4 heteroatoms. The van der Waals surface area contributed by atoms with Crippen molar-refractivity contribution < 1.29 is 9.59 Å². The topological polar surface area (TPSA) is 37.4 Å². The third-order valence-electron chi connectivity index (χ3n) is 2.39. The summed E-state index contributed by atoms with van der Waals surface area (Å²) in [4.78, 5) is 24.3. The molecule has 0 spiro atoms. The zero-order valence-electron chi connectivity index (χ0n) is 8.07. The number of benzene rings is 1. The van der Waals surface area contributed by atoms with Crippen LogP contribution in [0.5, 0.6) is 0 Å². The molecule has 0 N–H and O–H groups in total. The van der Waals surface area contributed by atoms with Crippen molar-refractivity contribution in [1.29, 1.82) is 0 Å². The number of halogens is 1. The molecular weight excluding hydrogens is 214 g/mol. The van der Waals surface area contributed by atoms with Crippen molar-refractivity contribution in [3.8, 4) is 0 Å². The lowest BCUT2D eigenvalue weighted by Crippen LogP contribution is -2.40. The second kappa shape index (κ2) is 4.03. The van der Waals surface area contributed by atoms with Crippen LogP contribution < -0.4 is 4.90 Å². The van der Waals surface area contributed by atoms with E-state index in [4.69, 9.17) is 11.6 Å². The number of piperidine rings is 1. The molecule has 1 heterocycles. The van der Waals surface area contributed by atoms with Crippen LogP contribution in [-0.4, -0.2) is 18.2 Å². The number of rotatable bonds is 1. The summed E-state index contributed by atoms with van der Waals surface area (Å²) >= 11 is 5.75. The maximum atomic E-state index is 11.6. The van der Waals surface area contributed by atoms with E-state index in [-0.39, 0.29) is 18.2 Å². The van der Waals surface area contributed by atoms with Gasteiger partial charge in [0.25, 0.3) is 0 Å². The molecule has 0 aromatic heterocycles. The van der Waals surface area contributed by atoms with E-state index in [9.17, 15) is 9.59 Å². The van der Waals surface area contributed by atoms with Crippen LogP contribution in [-0.2, 0) is 9.59 Å². The molecule has 1 aromatic carbocycles. The molecule has 1 aliphatic rings. The van der Waals surface area contributed by atoms with Crippen molar-refractivity contribution >= 4 is 29.0 Å². The molecule has 0 aliphatic carbocycles. The summed E-state index contributed by atoms with van der Waals surface area (Å²) in [6.07, 6.45) is 0.671. The Kier molecular flexibility index (Phi) is 2.73. The summed E-state index contributed by atoms with van der Waals surface area (Å²) in [6.45, 7) is 0.181. The van der Waals surface area contributed by atoms with Crippen LogP contribution in [0.25, 0.3) is 0 Å². The first-order chi connectivity index (χ1) is 7.16. The van der Waals surface area contributed by atoms with Gasteiger partial charge in [0.05, 0.1) is 6.54 Å².